The second kappa shape index (κ2) is 4.81. The monoisotopic (exact) mass is 265 g/mol. The quantitative estimate of drug-likeness (QED) is 0.565. The Kier molecular flexibility index (Phi) is 2.99. The van der Waals surface area contributed by atoms with Gasteiger partial charge < -0.3 is 5.73 Å². The summed E-state index contributed by atoms with van der Waals surface area (Å²) in [5.74, 6) is -0.0312. The molecule has 4 nitrogen and oxygen atoms in total. The molecule has 0 aliphatic carbocycles. The molecule has 0 aliphatic heterocycles. The summed E-state index contributed by atoms with van der Waals surface area (Å²) in [5, 5.41) is 8.25. The summed E-state index contributed by atoms with van der Waals surface area (Å²) in [6.07, 6.45) is 0.749. The molecule has 1 heterocycles. The Morgan fingerprint density at radius 1 is 1.25 bits per heavy atom. The molecule has 100 valence electrons. The van der Waals surface area contributed by atoms with Crippen molar-refractivity contribution in [1.82, 2.24) is 10.2 Å². The number of benzene rings is 2. The fourth-order valence-corrected chi connectivity index (χ4v) is 2.37. The SMILES string of the molecule is CC(=O)c1cc2c(Cc3ccccc3)[nH]nc2cc1N. The van der Waals surface area contributed by atoms with Gasteiger partial charge in [0.25, 0.3) is 0 Å². The fraction of sp³-hybridized carbons (Fsp3) is 0.125. The molecule has 0 saturated heterocycles. The van der Waals surface area contributed by atoms with Crippen LogP contribution in [0.1, 0.15) is 28.5 Å². The van der Waals surface area contributed by atoms with E-state index < -0.39 is 0 Å². The van der Waals surface area contributed by atoms with Gasteiger partial charge in [-0.05, 0) is 24.6 Å². The first kappa shape index (κ1) is 12.4. The highest BCUT2D eigenvalue weighted by molar-refractivity contribution is 6.03. The summed E-state index contributed by atoms with van der Waals surface area (Å²) in [6, 6.07) is 13.7. The maximum atomic E-state index is 11.6. The van der Waals surface area contributed by atoms with E-state index in [0.29, 0.717) is 11.3 Å². The second-order valence-electron chi connectivity index (χ2n) is 4.88. The number of H-pyrrole nitrogens is 1. The molecule has 0 atom stereocenters. The number of hydrogen-bond acceptors (Lipinski definition) is 3. The summed E-state index contributed by atoms with van der Waals surface area (Å²) in [6.45, 7) is 1.52. The first-order valence-electron chi connectivity index (χ1n) is 6.46. The van der Waals surface area contributed by atoms with Crippen molar-refractivity contribution in [3.63, 3.8) is 0 Å². The van der Waals surface area contributed by atoms with Crippen LogP contribution in [-0.4, -0.2) is 16.0 Å². The van der Waals surface area contributed by atoms with Crippen molar-refractivity contribution in [2.24, 2.45) is 0 Å². The summed E-state index contributed by atoms with van der Waals surface area (Å²) >= 11 is 0. The molecule has 3 rings (SSSR count). The van der Waals surface area contributed by atoms with E-state index in [1.807, 2.05) is 24.3 Å². The van der Waals surface area contributed by atoms with Gasteiger partial charge in [-0.15, -0.1) is 0 Å². The average Bonchev–Trinajstić information content (AvgIpc) is 2.81. The Bertz CT molecular complexity index is 775. The minimum atomic E-state index is -0.0312. The van der Waals surface area contributed by atoms with Crippen molar-refractivity contribution in [1.29, 1.82) is 0 Å². The van der Waals surface area contributed by atoms with Crippen LogP contribution in [-0.2, 0) is 6.42 Å². The number of rotatable bonds is 3. The molecule has 1 aromatic heterocycles. The molecule has 0 bridgehead atoms. The number of nitrogens with one attached hydrogen (secondary N) is 1. The third kappa shape index (κ3) is 2.16. The molecule has 2 aromatic carbocycles. The summed E-state index contributed by atoms with van der Waals surface area (Å²) in [4.78, 5) is 11.6. The van der Waals surface area contributed by atoms with E-state index in [2.05, 4.69) is 22.3 Å². The fourth-order valence-electron chi connectivity index (χ4n) is 2.37. The van der Waals surface area contributed by atoms with Crippen molar-refractivity contribution in [2.45, 2.75) is 13.3 Å². The van der Waals surface area contributed by atoms with Gasteiger partial charge in [0, 0.05) is 28.8 Å². The molecule has 0 radical (unpaired) electrons. The Labute approximate surface area is 116 Å². The lowest BCUT2D eigenvalue weighted by atomic mass is 10.0. The number of aromatic amines is 1. The van der Waals surface area contributed by atoms with Crippen LogP contribution in [0.15, 0.2) is 42.5 Å². The maximum absolute atomic E-state index is 11.6. The molecular formula is C16H15N3O. The zero-order valence-corrected chi connectivity index (χ0v) is 11.2. The van der Waals surface area contributed by atoms with E-state index in [-0.39, 0.29) is 5.78 Å². The normalized spacial score (nSPS) is 10.8. The van der Waals surface area contributed by atoms with Crippen LogP contribution in [0, 0.1) is 0 Å². The van der Waals surface area contributed by atoms with Crippen LogP contribution in [0.25, 0.3) is 10.9 Å². The lowest BCUT2D eigenvalue weighted by Gasteiger charge is -2.03. The summed E-state index contributed by atoms with van der Waals surface area (Å²) in [7, 11) is 0. The Hall–Kier alpha value is -2.62. The number of anilines is 1. The van der Waals surface area contributed by atoms with E-state index in [0.717, 1.165) is 23.0 Å². The maximum Gasteiger partial charge on any atom is 0.161 e. The number of ketones is 1. The van der Waals surface area contributed by atoms with Crippen molar-refractivity contribution in [3.05, 3.63) is 59.3 Å². The minimum absolute atomic E-state index is 0.0312. The lowest BCUT2D eigenvalue weighted by Crippen LogP contribution is -1.99. The highest BCUT2D eigenvalue weighted by atomic mass is 16.1. The van der Waals surface area contributed by atoms with Gasteiger partial charge in [-0.1, -0.05) is 30.3 Å². The van der Waals surface area contributed by atoms with Crippen molar-refractivity contribution in [2.75, 3.05) is 5.73 Å². The molecular weight excluding hydrogens is 250 g/mol. The van der Waals surface area contributed by atoms with Gasteiger partial charge in [-0.2, -0.15) is 5.10 Å². The number of nitrogens with two attached hydrogens (primary N) is 1. The van der Waals surface area contributed by atoms with Crippen molar-refractivity contribution < 1.29 is 4.79 Å². The standard InChI is InChI=1S/C16H15N3O/c1-10(20)12-8-13-15(7-11-5-3-2-4-6-11)18-19-16(13)9-14(12)17/h2-6,8-9H,7,17H2,1H3,(H,18,19). The second-order valence-corrected chi connectivity index (χ2v) is 4.88. The number of nitrogen functional groups attached to an aromatic ring is 1. The van der Waals surface area contributed by atoms with Crippen LogP contribution < -0.4 is 5.73 Å². The van der Waals surface area contributed by atoms with Crippen LogP contribution in [0.5, 0.6) is 0 Å². The molecule has 0 aliphatic rings. The highest BCUT2D eigenvalue weighted by Gasteiger charge is 2.12. The third-order valence-corrected chi connectivity index (χ3v) is 3.41. The average molecular weight is 265 g/mol. The number of aromatic nitrogens is 2. The van der Waals surface area contributed by atoms with Crippen molar-refractivity contribution in [3.8, 4) is 0 Å². The summed E-state index contributed by atoms with van der Waals surface area (Å²) in [5.41, 5.74) is 9.88. The first-order valence-corrected chi connectivity index (χ1v) is 6.46. The Morgan fingerprint density at radius 2 is 2.00 bits per heavy atom. The predicted molar refractivity (Wildman–Crippen MR) is 79.8 cm³/mol. The molecule has 3 N–H and O–H groups in total. The van der Waals surface area contributed by atoms with Gasteiger partial charge in [0.2, 0.25) is 0 Å². The number of fused-ring (bicyclic) bond motifs is 1. The lowest BCUT2D eigenvalue weighted by molar-refractivity contribution is 0.101. The molecule has 3 aromatic rings. The third-order valence-electron chi connectivity index (χ3n) is 3.41. The van der Waals surface area contributed by atoms with Gasteiger partial charge >= 0.3 is 0 Å². The van der Waals surface area contributed by atoms with Crippen LogP contribution >= 0.6 is 0 Å². The van der Waals surface area contributed by atoms with Gasteiger partial charge in [0.1, 0.15) is 0 Å². The molecule has 0 unspecified atom stereocenters. The topological polar surface area (TPSA) is 71.8 Å². The van der Waals surface area contributed by atoms with Crippen molar-refractivity contribution >= 4 is 22.4 Å². The van der Waals surface area contributed by atoms with Gasteiger partial charge in [-0.25, -0.2) is 0 Å². The largest absolute Gasteiger partial charge is 0.398 e. The Balaban J connectivity index is 2.08. The van der Waals surface area contributed by atoms with E-state index in [1.165, 1.54) is 12.5 Å². The number of carbonyl (C=O) groups is 1. The highest BCUT2D eigenvalue weighted by Crippen LogP contribution is 2.24. The van der Waals surface area contributed by atoms with Crippen LogP contribution in [0.3, 0.4) is 0 Å². The van der Waals surface area contributed by atoms with Crippen LogP contribution in [0.4, 0.5) is 5.69 Å². The summed E-state index contributed by atoms with van der Waals surface area (Å²) < 4.78 is 0. The van der Waals surface area contributed by atoms with E-state index >= 15 is 0 Å². The Morgan fingerprint density at radius 3 is 2.70 bits per heavy atom. The molecule has 0 amide bonds. The van der Waals surface area contributed by atoms with Gasteiger partial charge in [0.05, 0.1) is 5.52 Å². The zero-order valence-electron chi connectivity index (χ0n) is 11.2. The van der Waals surface area contributed by atoms with E-state index in [4.69, 9.17) is 5.73 Å². The smallest absolute Gasteiger partial charge is 0.161 e. The number of Topliss-reactive ketones (excluding diaryl/α,β-unsaturated/α-hetero) is 1. The zero-order chi connectivity index (χ0) is 14.1. The van der Waals surface area contributed by atoms with Gasteiger partial charge in [-0.3, -0.25) is 9.89 Å². The molecule has 0 spiro atoms. The first-order chi connectivity index (χ1) is 9.65. The molecule has 0 saturated carbocycles. The number of nitrogens with zero attached hydrogens (tertiary/aromatic N) is 1. The van der Waals surface area contributed by atoms with E-state index in [9.17, 15) is 4.79 Å². The van der Waals surface area contributed by atoms with Crippen LogP contribution in [0.2, 0.25) is 0 Å². The minimum Gasteiger partial charge on any atom is -0.398 e. The number of carbonyl (C=O) groups excluding carboxylic acids is 1. The molecule has 20 heavy (non-hydrogen) atoms. The van der Waals surface area contributed by atoms with Gasteiger partial charge in [0.15, 0.2) is 5.78 Å². The molecule has 4 heteroatoms. The number of hydrogen-bond donors (Lipinski definition) is 2. The molecule has 0 fully saturated rings. The predicted octanol–water partition coefficient (Wildman–Crippen LogP) is 2.94. The van der Waals surface area contributed by atoms with E-state index in [1.54, 1.807) is 6.07 Å².